The maximum Gasteiger partial charge on any atom is 0.408 e. The summed E-state index contributed by atoms with van der Waals surface area (Å²) in [4.78, 5) is 42.9. The largest absolute Gasteiger partial charge is 0.444 e. The van der Waals surface area contributed by atoms with Gasteiger partial charge in [-0.25, -0.2) is 14.6 Å². The molecule has 3 amide bonds. The number of carbonyl (C=O) groups is 2. The first kappa shape index (κ1) is 26.3. The number of halogens is 2. The van der Waals surface area contributed by atoms with Gasteiger partial charge < -0.3 is 20.7 Å². The highest BCUT2D eigenvalue weighted by Crippen LogP contribution is 2.31. The molecule has 0 saturated heterocycles. The molecule has 0 aliphatic carbocycles. The van der Waals surface area contributed by atoms with E-state index in [1.165, 1.54) is 4.57 Å². The number of nitrogens with one attached hydrogen (secondary N) is 3. The molecule has 0 spiro atoms. The van der Waals surface area contributed by atoms with Crippen molar-refractivity contribution in [3.8, 4) is 5.69 Å². The van der Waals surface area contributed by atoms with Crippen LogP contribution in [0.1, 0.15) is 46.5 Å². The highest BCUT2D eigenvalue weighted by molar-refractivity contribution is 6.36. The highest BCUT2D eigenvalue weighted by atomic mass is 35.5. The topological polar surface area (TPSA) is 114 Å². The zero-order chi connectivity index (χ0) is 25.9. The second kappa shape index (κ2) is 10.5. The summed E-state index contributed by atoms with van der Waals surface area (Å²) in [6.07, 6.45) is -0.672. The summed E-state index contributed by atoms with van der Waals surface area (Å²) in [5.74, 6) is 0.202. The number of hydrogen-bond donors (Lipinski definition) is 3. The smallest absolute Gasteiger partial charge is 0.408 e. The fourth-order valence-electron chi connectivity index (χ4n) is 3.40. The Kier molecular flexibility index (Phi) is 7.92. The van der Waals surface area contributed by atoms with E-state index in [2.05, 4.69) is 20.9 Å². The van der Waals surface area contributed by atoms with Gasteiger partial charge in [-0.1, -0.05) is 35.3 Å². The Bertz CT molecular complexity index is 1330. The first-order valence-corrected chi connectivity index (χ1v) is 11.7. The SMILES string of the molecule is CCNC(=O)Nc1cccc(-n2c([C@H](C)NC(=O)OC(C)(C)C)nc3cccc(Cl)c3c2=O)c1Cl. The molecule has 3 aromatic rings. The van der Waals surface area contributed by atoms with Crippen LogP contribution in [-0.4, -0.2) is 33.8 Å². The number of amides is 3. The summed E-state index contributed by atoms with van der Waals surface area (Å²) >= 11 is 13.0. The third-order valence-electron chi connectivity index (χ3n) is 4.80. The zero-order valence-electron chi connectivity index (χ0n) is 20.0. The molecule has 0 radical (unpaired) electrons. The molecule has 0 aliphatic rings. The van der Waals surface area contributed by atoms with Gasteiger partial charge in [-0.05, 0) is 58.9 Å². The van der Waals surface area contributed by atoms with Crippen molar-refractivity contribution in [3.63, 3.8) is 0 Å². The Morgan fingerprint density at radius 3 is 2.49 bits per heavy atom. The van der Waals surface area contributed by atoms with Gasteiger partial charge in [0.25, 0.3) is 5.56 Å². The predicted molar refractivity (Wildman–Crippen MR) is 138 cm³/mol. The first-order valence-electron chi connectivity index (χ1n) is 11.0. The van der Waals surface area contributed by atoms with E-state index in [9.17, 15) is 14.4 Å². The standard InChI is InChI=1S/C24H27Cl2N5O4/c1-6-27-22(33)30-16-11-8-12-17(19(16)26)31-20(13(2)28-23(34)35-24(3,4)5)29-15-10-7-9-14(25)18(15)21(31)32/h7-13H,6H2,1-5H3,(H,28,34)(H2,27,30,33)/t13-/m0/s1. The van der Waals surface area contributed by atoms with Crippen molar-refractivity contribution in [1.29, 1.82) is 0 Å². The molecule has 9 nitrogen and oxygen atoms in total. The minimum absolute atomic E-state index is 0.111. The fraction of sp³-hybridized carbons (Fsp3) is 0.333. The highest BCUT2D eigenvalue weighted by Gasteiger charge is 2.25. The van der Waals surface area contributed by atoms with E-state index in [4.69, 9.17) is 27.9 Å². The molecular weight excluding hydrogens is 493 g/mol. The monoisotopic (exact) mass is 519 g/mol. The van der Waals surface area contributed by atoms with Crippen LogP contribution in [0.3, 0.4) is 0 Å². The average molecular weight is 520 g/mol. The third-order valence-corrected chi connectivity index (χ3v) is 5.51. The lowest BCUT2D eigenvalue weighted by Crippen LogP contribution is -2.37. The number of rotatable bonds is 5. The number of anilines is 1. The van der Waals surface area contributed by atoms with Crippen molar-refractivity contribution in [2.45, 2.75) is 46.3 Å². The van der Waals surface area contributed by atoms with Crippen LogP contribution in [0.2, 0.25) is 10.0 Å². The molecule has 0 bridgehead atoms. The number of carbonyl (C=O) groups excluding carboxylic acids is 2. The summed E-state index contributed by atoms with van der Waals surface area (Å²) in [6, 6.07) is 8.59. The number of nitrogens with zero attached hydrogens (tertiary/aromatic N) is 2. The summed E-state index contributed by atoms with van der Waals surface area (Å²) in [6.45, 7) is 9.12. The van der Waals surface area contributed by atoms with E-state index in [0.717, 1.165) is 0 Å². The molecule has 3 rings (SSSR count). The Morgan fingerprint density at radius 2 is 1.83 bits per heavy atom. The molecule has 3 N–H and O–H groups in total. The molecular formula is C24H27Cl2N5O4. The van der Waals surface area contributed by atoms with Crippen molar-refractivity contribution >= 4 is 51.9 Å². The maximum absolute atomic E-state index is 13.7. The molecule has 1 aromatic heterocycles. The summed E-state index contributed by atoms with van der Waals surface area (Å²) in [5, 5.41) is 8.53. The number of alkyl carbamates (subject to hydrolysis) is 1. The first-order chi connectivity index (χ1) is 16.4. The lowest BCUT2D eigenvalue weighted by molar-refractivity contribution is 0.0505. The lowest BCUT2D eigenvalue weighted by Gasteiger charge is -2.24. The molecule has 1 heterocycles. The molecule has 0 aliphatic heterocycles. The van der Waals surface area contributed by atoms with Gasteiger partial charge in [-0.2, -0.15) is 0 Å². The van der Waals surface area contributed by atoms with Gasteiger partial charge in [-0.3, -0.25) is 9.36 Å². The second-order valence-corrected chi connectivity index (χ2v) is 9.52. The van der Waals surface area contributed by atoms with Crippen LogP contribution < -0.4 is 21.5 Å². The van der Waals surface area contributed by atoms with Crippen molar-refractivity contribution < 1.29 is 14.3 Å². The van der Waals surface area contributed by atoms with Crippen LogP contribution in [0.5, 0.6) is 0 Å². The van der Waals surface area contributed by atoms with Crippen molar-refractivity contribution in [2.24, 2.45) is 0 Å². The van der Waals surface area contributed by atoms with Gasteiger partial charge in [-0.15, -0.1) is 0 Å². The van der Waals surface area contributed by atoms with Crippen LogP contribution in [0.15, 0.2) is 41.2 Å². The van der Waals surface area contributed by atoms with Crippen LogP contribution in [0.25, 0.3) is 16.6 Å². The van der Waals surface area contributed by atoms with E-state index in [1.54, 1.807) is 71.0 Å². The summed E-state index contributed by atoms with van der Waals surface area (Å²) in [7, 11) is 0. The predicted octanol–water partition coefficient (Wildman–Crippen LogP) is 5.42. The van der Waals surface area contributed by atoms with Crippen LogP contribution in [0.4, 0.5) is 15.3 Å². The molecule has 11 heteroatoms. The Labute approximate surface area is 212 Å². The lowest BCUT2D eigenvalue weighted by atomic mass is 10.2. The molecule has 2 aromatic carbocycles. The Balaban J connectivity index is 2.20. The Hall–Kier alpha value is -3.30. The normalized spacial score (nSPS) is 12.2. The minimum Gasteiger partial charge on any atom is -0.444 e. The van der Waals surface area contributed by atoms with Crippen molar-refractivity contribution in [1.82, 2.24) is 20.2 Å². The third kappa shape index (κ3) is 6.04. The fourth-order valence-corrected chi connectivity index (χ4v) is 3.90. The number of aromatic nitrogens is 2. The van der Waals surface area contributed by atoms with E-state index < -0.39 is 29.3 Å². The number of hydrogen-bond acceptors (Lipinski definition) is 5. The van der Waals surface area contributed by atoms with E-state index in [1.807, 2.05) is 0 Å². The van der Waals surface area contributed by atoms with Gasteiger partial charge in [0.1, 0.15) is 11.4 Å². The van der Waals surface area contributed by atoms with Gasteiger partial charge in [0.2, 0.25) is 0 Å². The van der Waals surface area contributed by atoms with Crippen LogP contribution in [0, 0.1) is 0 Å². The van der Waals surface area contributed by atoms with Gasteiger partial charge in [0.05, 0.1) is 38.4 Å². The van der Waals surface area contributed by atoms with E-state index in [-0.39, 0.29) is 26.9 Å². The van der Waals surface area contributed by atoms with Gasteiger partial charge in [0, 0.05) is 6.54 Å². The zero-order valence-corrected chi connectivity index (χ0v) is 21.5. The average Bonchev–Trinajstić information content (AvgIpc) is 2.74. The molecule has 0 fully saturated rings. The molecule has 0 unspecified atom stereocenters. The molecule has 35 heavy (non-hydrogen) atoms. The van der Waals surface area contributed by atoms with E-state index in [0.29, 0.717) is 17.7 Å². The second-order valence-electron chi connectivity index (χ2n) is 8.74. The van der Waals surface area contributed by atoms with E-state index >= 15 is 0 Å². The van der Waals surface area contributed by atoms with Gasteiger partial charge >= 0.3 is 12.1 Å². The van der Waals surface area contributed by atoms with Crippen molar-refractivity contribution in [3.05, 3.63) is 62.6 Å². The van der Waals surface area contributed by atoms with Crippen LogP contribution >= 0.6 is 23.2 Å². The quantitative estimate of drug-likeness (QED) is 0.416. The molecule has 1 atom stereocenters. The summed E-state index contributed by atoms with van der Waals surface area (Å²) < 4.78 is 6.63. The number of fused-ring (bicyclic) bond motifs is 1. The summed E-state index contributed by atoms with van der Waals surface area (Å²) in [5.41, 5.74) is -0.283. The number of benzene rings is 2. The maximum atomic E-state index is 13.7. The molecule has 0 saturated carbocycles. The number of urea groups is 1. The number of ether oxygens (including phenoxy) is 1. The van der Waals surface area contributed by atoms with Crippen LogP contribution in [-0.2, 0) is 4.74 Å². The minimum atomic E-state index is -0.753. The van der Waals surface area contributed by atoms with Gasteiger partial charge in [0.15, 0.2) is 0 Å². The van der Waals surface area contributed by atoms with Crippen molar-refractivity contribution in [2.75, 3.05) is 11.9 Å². The molecule has 186 valence electrons. The Morgan fingerprint density at radius 1 is 1.14 bits per heavy atom.